The van der Waals surface area contributed by atoms with Gasteiger partial charge in [0.25, 0.3) is 0 Å². The molecule has 2 rings (SSSR count). The van der Waals surface area contributed by atoms with Crippen LogP contribution in [0.4, 0.5) is 5.69 Å². The van der Waals surface area contributed by atoms with E-state index in [0.29, 0.717) is 21.8 Å². The second-order valence-electron chi connectivity index (χ2n) is 4.60. The predicted molar refractivity (Wildman–Crippen MR) is 82.9 cm³/mol. The zero-order valence-electron chi connectivity index (χ0n) is 11.3. The molecule has 0 aliphatic heterocycles. The highest BCUT2D eigenvalue weighted by Gasteiger charge is 2.14. The average Bonchev–Trinajstić information content (AvgIpc) is 2.53. The summed E-state index contributed by atoms with van der Waals surface area (Å²) in [5, 5.41) is 21.6. The first-order chi connectivity index (χ1) is 10.1. The van der Waals surface area contributed by atoms with Crippen LogP contribution in [0.2, 0.25) is 5.02 Å². The number of carbonyl (C=O) groups is 1. The van der Waals surface area contributed by atoms with Gasteiger partial charge in [0.15, 0.2) is 5.78 Å². The van der Waals surface area contributed by atoms with Gasteiger partial charge in [-0.05, 0) is 18.2 Å². The molecule has 0 bridgehead atoms. The van der Waals surface area contributed by atoms with Crippen molar-refractivity contribution in [2.24, 2.45) is 0 Å². The lowest BCUT2D eigenvalue weighted by Crippen LogP contribution is -2.23. The normalized spacial score (nSPS) is 12.0. The van der Waals surface area contributed by atoms with E-state index in [1.807, 2.05) is 6.07 Å². The van der Waals surface area contributed by atoms with Gasteiger partial charge in [0, 0.05) is 28.4 Å². The Bertz CT molecular complexity index is 616. The number of rotatable bonds is 6. The third-order valence-corrected chi connectivity index (χ3v) is 3.24. The highest BCUT2D eigenvalue weighted by atomic mass is 35.5. The summed E-state index contributed by atoms with van der Waals surface area (Å²) in [7, 11) is 0. The maximum Gasteiger partial charge on any atom is 0.195 e. The van der Waals surface area contributed by atoms with E-state index in [9.17, 15) is 9.90 Å². The Labute approximate surface area is 128 Å². The fourth-order valence-electron chi connectivity index (χ4n) is 1.90. The molecule has 0 heterocycles. The van der Waals surface area contributed by atoms with Gasteiger partial charge in [0.05, 0.1) is 12.7 Å². The molecule has 5 heteroatoms. The molecule has 0 aromatic heterocycles. The maximum atomic E-state index is 12.5. The van der Waals surface area contributed by atoms with E-state index in [-0.39, 0.29) is 18.9 Å². The average molecular weight is 306 g/mol. The zero-order chi connectivity index (χ0) is 15.2. The van der Waals surface area contributed by atoms with E-state index in [1.165, 1.54) is 0 Å². The van der Waals surface area contributed by atoms with E-state index in [1.54, 1.807) is 42.5 Å². The molecule has 1 unspecified atom stereocenters. The van der Waals surface area contributed by atoms with Crippen LogP contribution in [0.25, 0.3) is 0 Å². The Morgan fingerprint density at radius 2 is 1.90 bits per heavy atom. The highest BCUT2D eigenvalue weighted by Crippen LogP contribution is 2.23. The number of aliphatic hydroxyl groups is 2. The third-order valence-electron chi connectivity index (χ3n) is 3.00. The van der Waals surface area contributed by atoms with Crippen LogP contribution in [0.3, 0.4) is 0 Å². The van der Waals surface area contributed by atoms with Crippen molar-refractivity contribution in [2.45, 2.75) is 6.10 Å². The van der Waals surface area contributed by atoms with E-state index in [0.717, 1.165) is 0 Å². The summed E-state index contributed by atoms with van der Waals surface area (Å²) in [6.07, 6.45) is -0.889. The molecule has 0 saturated heterocycles. The molecule has 2 aromatic rings. The van der Waals surface area contributed by atoms with Crippen LogP contribution in [-0.4, -0.2) is 35.3 Å². The van der Waals surface area contributed by atoms with Crippen LogP contribution in [0.1, 0.15) is 15.9 Å². The van der Waals surface area contributed by atoms with Gasteiger partial charge in [-0.15, -0.1) is 0 Å². The lowest BCUT2D eigenvalue weighted by atomic mass is 10.0. The van der Waals surface area contributed by atoms with E-state index < -0.39 is 6.10 Å². The smallest absolute Gasteiger partial charge is 0.195 e. The van der Waals surface area contributed by atoms with E-state index >= 15 is 0 Å². The fourth-order valence-corrected chi connectivity index (χ4v) is 2.07. The second kappa shape index (κ2) is 7.22. The van der Waals surface area contributed by atoms with Crippen molar-refractivity contribution in [2.75, 3.05) is 18.5 Å². The van der Waals surface area contributed by atoms with E-state index in [4.69, 9.17) is 16.7 Å². The molecule has 0 spiro atoms. The number of hydrogen-bond donors (Lipinski definition) is 3. The maximum absolute atomic E-state index is 12.5. The Hall–Kier alpha value is -1.88. The largest absolute Gasteiger partial charge is 0.394 e. The SMILES string of the molecule is O=C(c1ccccc1)c1cc(Cl)ccc1NCC(O)CO. The molecule has 2 aromatic carbocycles. The van der Waals surface area contributed by atoms with Crippen LogP contribution in [0, 0.1) is 0 Å². The number of carbonyl (C=O) groups excluding carboxylic acids is 1. The van der Waals surface area contributed by atoms with Gasteiger partial charge in [0.1, 0.15) is 0 Å². The van der Waals surface area contributed by atoms with Crippen molar-refractivity contribution in [1.82, 2.24) is 0 Å². The molecule has 4 nitrogen and oxygen atoms in total. The summed E-state index contributed by atoms with van der Waals surface area (Å²) in [6.45, 7) is -0.199. The Morgan fingerprint density at radius 3 is 2.57 bits per heavy atom. The Balaban J connectivity index is 2.29. The molecular weight excluding hydrogens is 290 g/mol. The number of ketones is 1. The van der Waals surface area contributed by atoms with Crippen molar-refractivity contribution < 1.29 is 15.0 Å². The van der Waals surface area contributed by atoms with Gasteiger partial charge in [-0.25, -0.2) is 0 Å². The third kappa shape index (κ3) is 4.04. The van der Waals surface area contributed by atoms with Crippen LogP contribution in [-0.2, 0) is 0 Å². The van der Waals surface area contributed by atoms with Gasteiger partial charge in [-0.3, -0.25) is 4.79 Å². The molecule has 0 fully saturated rings. The fraction of sp³-hybridized carbons (Fsp3) is 0.188. The lowest BCUT2D eigenvalue weighted by Gasteiger charge is -2.14. The van der Waals surface area contributed by atoms with Crippen molar-refractivity contribution >= 4 is 23.1 Å². The second-order valence-corrected chi connectivity index (χ2v) is 5.04. The minimum Gasteiger partial charge on any atom is -0.394 e. The van der Waals surface area contributed by atoms with Crippen LogP contribution in [0.5, 0.6) is 0 Å². The van der Waals surface area contributed by atoms with Crippen molar-refractivity contribution in [3.8, 4) is 0 Å². The molecule has 21 heavy (non-hydrogen) atoms. The summed E-state index contributed by atoms with van der Waals surface area (Å²) < 4.78 is 0. The lowest BCUT2D eigenvalue weighted by molar-refractivity contribution is 0.103. The van der Waals surface area contributed by atoms with Gasteiger partial charge in [0.2, 0.25) is 0 Å². The number of hydrogen-bond acceptors (Lipinski definition) is 4. The molecule has 3 N–H and O–H groups in total. The first-order valence-electron chi connectivity index (χ1n) is 6.54. The highest BCUT2D eigenvalue weighted by molar-refractivity contribution is 6.31. The van der Waals surface area contributed by atoms with Gasteiger partial charge < -0.3 is 15.5 Å². The molecule has 110 valence electrons. The summed E-state index contributed by atoms with van der Waals surface area (Å²) >= 11 is 5.97. The summed E-state index contributed by atoms with van der Waals surface area (Å²) in [6, 6.07) is 13.8. The van der Waals surface area contributed by atoms with Gasteiger partial charge in [-0.2, -0.15) is 0 Å². The van der Waals surface area contributed by atoms with Crippen LogP contribution in [0.15, 0.2) is 48.5 Å². The molecule has 1 atom stereocenters. The number of benzene rings is 2. The minimum absolute atomic E-state index is 0.146. The number of nitrogens with one attached hydrogen (secondary N) is 1. The first-order valence-corrected chi connectivity index (χ1v) is 6.91. The Morgan fingerprint density at radius 1 is 1.19 bits per heavy atom. The number of anilines is 1. The topological polar surface area (TPSA) is 69.6 Å². The standard InChI is InChI=1S/C16H16ClNO3/c17-12-6-7-15(18-9-13(20)10-19)14(8-12)16(21)11-4-2-1-3-5-11/h1-8,13,18-20H,9-10H2. The monoisotopic (exact) mass is 305 g/mol. The quantitative estimate of drug-likeness (QED) is 0.717. The molecule has 0 amide bonds. The summed E-state index contributed by atoms with van der Waals surface area (Å²) in [5.41, 5.74) is 1.56. The minimum atomic E-state index is -0.889. The van der Waals surface area contributed by atoms with E-state index in [2.05, 4.69) is 5.32 Å². The van der Waals surface area contributed by atoms with Crippen molar-refractivity contribution in [1.29, 1.82) is 0 Å². The molecule has 0 aliphatic rings. The summed E-state index contributed by atoms with van der Waals surface area (Å²) in [4.78, 5) is 12.5. The Kier molecular flexibility index (Phi) is 5.33. The molecular formula is C16H16ClNO3. The summed E-state index contributed by atoms with van der Waals surface area (Å²) in [5.74, 6) is -0.154. The van der Waals surface area contributed by atoms with Crippen LogP contribution >= 0.6 is 11.6 Å². The first kappa shape index (κ1) is 15.5. The predicted octanol–water partition coefficient (Wildman–Crippen LogP) is 2.34. The molecule has 0 radical (unpaired) electrons. The van der Waals surface area contributed by atoms with Gasteiger partial charge in [-0.1, -0.05) is 41.9 Å². The van der Waals surface area contributed by atoms with Gasteiger partial charge >= 0.3 is 0 Å². The van der Waals surface area contributed by atoms with Crippen molar-refractivity contribution in [3.05, 3.63) is 64.7 Å². The zero-order valence-corrected chi connectivity index (χ0v) is 12.0. The molecule has 0 saturated carbocycles. The molecule has 0 aliphatic carbocycles. The number of aliphatic hydroxyl groups excluding tert-OH is 2. The van der Waals surface area contributed by atoms with Crippen molar-refractivity contribution in [3.63, 3.8) is 0 Å². The van der Waals surface area contributed by atoms with Crippen LogP contribution < -0.4 is 5.32 Å². The number of halogens is 1.